The van der Waals surface area contributed by atoms with E-state index < -0.39 is 27.8 Å². The van der Waals surface area contributed by atoms with Crippen LogP contribution in [0.3, 0.4) is 0 Å². The predicted molar refractivity (Wildman–Crippen MR) is 106 cm³/mol. The lowest BCUT2D eigenvalue weighted by atomic mass is 9.97. The van der Waals surface area contributed by atoms with Gasteiger partial charge in [-0.05, 0) is 55.2 Å². The Balaban J connectivity index is 1.71. The fourth-order valence-corrected chi connectivity index (χ4v) is 6.07. The highest BCUT2D eigenvalue weighted by molar-refractivity contribution is 7.89. The number of nitrogens with zero attached hydrogens (tertiary/aromatic N) is 1. The summed E-state index contributed by atoms with van der Waals surface area (Å²) in [6.07, 6.45) is -2.56. The van der Waals surface area contributed by atoms with Gasteiger partial charge >= 0.3 is 6.18 Å². The minimum atomic E-state index is -4.61. The third-order valence-corrected chi connectivity index (χ3v) is 7.84. The first-order valence-corrected chi connectivity index (χ1v) is 11.6. The summed E-state index contributed by atoms with van der Waals surface area (Å²) in [5, 5.41) is 2.96. The number of nitrogens with one attached hydrogen (secondary N) is 1. The molecular formula is C20H28F3N3O3S. The molecule has 1 aromatic rings. The molecule has 1 aromatic carbocycles. The van der Waals surface area contributed by atoms with Crippen molar-refractivity contribution in [3.63, 3.8) is 0 Å². The van der Waals surface area contributed by atoms with Gasteiger partial charge in [-0.2, -0.15) is 17.5 Å². The summed E-state index contributed by atoms with van der Waals surface area (Å²) in [5.74, 6) is 0.0353. The van der Waals surface area contributed by atoms with Gasteiger partial charge in [-0.3, -0.25) is 4.79 Å². The lowest BCUT2D eigenvalue weighted by Gasteiger charge is -2.24. The van der Waals surface area contributed by atoms with E-state index in [9.17, 15) is 26.4 Å². The molecule has 0 bridgehead atoms. The number of amides is 1. The van der Waals surface area contributed by atoms with E-state index in [0.29, 0.717) is 12.5 Å². The summed E-state index contributed by atoms with van der Waals surface area (Å²) in [6, 6.07) is 3.02. The normalized spacial score (nSPS) is 26.0. The second kappa shape index (κ2) is 8.47. The van der Waals surface area contributed by atoms with E-state index >= 15 is 0 Å². The fourth-order valence-electron chi connectivity index (χ4n) is 4.49. The van der Waals surface area contributed by atoms with Gasteiger partial charge in [-0.25, -0.2) is 8.42 Å². The molecule has 0 radical (unpaired) electrons. The van der Waals surface area contributed by atoms with Crippen molar-refractivity contribution in [1.82, 2.24) is 9.62 Å². The number of carbonyl (C=O) groups is 1. The summed E-state index contributed by atoms with van der Waals surface area (Å²) in [4.78, 5) is 12.0. The number of hydrogen-bond donors (Lipinski definition) is 2. The van der Waals surface area contributed by atoms with Crippen LogP contribution in [0, 0.1) is 17.8 Å². The van der Waals surface area contributed by atoms with Crippen LogP contribution in [0.4, 0.5) is 13.2 Å². The Morgan fingerprint density at radius 3 is 2.60 bits per heavy atom. The third kappa shape index (κ3) is 4.81. The van der Waals surface area contributed by atoms with E-state index in [1.807, 2.05) is 13.8 Å². The van der Waals surface area contributed by atoms with Crippen molar-refractivity contribution in [2.45, 2.75) is 56.3 Å². The lowest BCUT2D eigenvalue weighted by Crippen LogP contribution is -2.48. The number of fused-ring (bicyclic) bond motifs is 1. The first-order chi connectivity index (χ1) is 13.9. The Morgan fingerprint density at radius 1 is 1.27 bits per heavy atom. The molecule has 2 aliphatic rings. The summed E-state index contributed by atoms with van der Waals surface area (Å²) in [5.41, 5.74) is 4.95. The minimum Gasteiger partial charge on any atom is -0.352 e. The number of alkyl halides is 3. The van der Waals surface area contributed by atoms with Crippen molar-refractivity contribution < 1.29 is 26.4 Å². The Kier molecular flexibility index (Phi) is 6.50. The van der Waals surface area contributed by atoms with Gasteiger partial charge in [0.25, 0.3) is 0 Å². The number of halogens is 3. The van der Waals surface area contributed by atoms with E-state index in [4.69, 9.17) is 5.73 Å². The Bertz CT molecular complexity index is 889. The summed E-state index contributed by atoms with van der Waals surface area (Å²) in [6.45, 7) is 4.37. The molecule has 0 spiro atoms. The van der Waals surface area contributed by atoms with Crippen LogP contribution in [-0.2, 0) is 21.0 Å². The van der Waals surface area contributed by atoms with Crippen molar-refractivity contribution in [2.24, 2.45) is 23.5 Å². The van der Waals surface area contributed by atoms with Crippen molar-refractivity contribution >= 4 is 15.9 Å². The smallest absolute Gasteiger partial charge is 0.352 e. The van der Waals surface area contributed by atoms with Gasteiger partial charge in [-0.15, -0.1) is 0 Å². The van der Waals surface area contributed by atoms with Gasteiger partial charge in [0, 0.05) is 19.1 Å². The topological polar surface area (TPSA) is 92.5 Å². The van der Waals surface area contributed by atoms with Crippen LogP contribution in [0.2, 0.25) is 0 Å². The zero-order valence-corrected chi connectivity index (χ0v) is 17.8. The number of hydrogen-bond acceptors (Lipinski definition) is 4. The number of carbonyl (C=O) groups excluding carboxylic acids is 1. The van der Waals surface area contributed by atoms with Crippen LogP contribution in [0.25, 0.3) is 0 Å². The zero-order chi connectivity index (χ0) is 22.3. The molecule has 1 heterocycles. The quantitative estimate of drug-likeness (QED) is 0.701. The molecule has 3 rings (SSSR count). The molecule has 30 heavy (non-hydrogen) atoms. The standard InChI is InChI=1S/C20H28F3N3O3S/c1-12(2)8-17(24)19(27)25-18-7-6-13-10-26(11-16(13)18)30(28,29)15-5-3-4-14(9-15)20(21,22)23/h3-5,9,12-13,16-18H,6-8,10-11,24H2,1-2H3,(H,25,27)/t13?,16?,17-,18?/m0/s1. The van der Waals surface area contributed by atoms with Gasteiger partial charge < -0.3 is 11.1 Å². The van der Waals surface area contributed by atoms with E-state index in [0.717, 1.165) is 25.0 Å². The van der Waals surface area contributed by atoms with E-state index in [1.165, 1.54) is 10.4 Å². The van der Waals surface area contributed by atoms with Gasteiger partial charge in [0.15, 0.2) is 0 Å². The minimum absolute atomic E-state index is 0.0668. The zero-order valence-electron chi connectivity index (χ0n) is 17.0. The maximum absolute atomic E-state index is 13.0. The van der Waals surface area contributed by atoms with Gasteiger partial charge in [0.2, 0.25) is 15.9 Å². The summed E-state index contributed by atoms with van der Waals surface area (Å²) >= 11 is 0. The monoisotopic (exact) mass is 447 g/mol. The molecule has 1 aliphatic carbocycles. The summed E-state index contributed by atoms with van der Waals surface area (Å²) < 4.78 is 66.1. The molecule has 4 atom stereocenters. The molecule has 0 aromatic heterocycles. The van der Waals surface area contributed by atoms with E-state index in [-0.39, 0.29) is 47.7 Å². The highest BCUT2D eigenvalue weighted by Gasteiger charge is 2.47. The maximum atomic E-state index is 13.0. The van der Waals surface area contributed by atoms with Crippen LogP contribution in [-0.4, -0.2) is 43.8 Å². The van der Waals surface area contributed by atoms with Crippen LogP contribution in [0.5, 0.6) is 0 Å². The molecule has 1 saturated carbocycles. The van der Waals surface area contributed by atoms with Gasteiger partial charge in [0.1, 0.15) is 0 Å². The lowest BCUT2D eigenvalue weighted by molar-refractivity contribution is -0.137. The van der Waals surface area contributed by atoms with Crippen LogP contribution in [0.1, 0.15) is 38.7 Å². The highest BCUT2D eigenvalue weighted by Crippen LogP contribution is 2.40. The molecule has 168 valence electrons. The maximum Gasteiger partial charge on any atom is 0.416 e. The molecule has 1 aliphatic heterocycles. The SMILES string of the molecule is CC(C)C[C@H](N)C(=O)NC1CCC2CN(S(=O)(=O)c3cccc(C(F)(F)F)c3)CC21. The summed E-state index contributed by atoms with van der Waals surface area (Å²) in [7, 11) is -4.05. The van der Waals surface area contributed by atoms with Crippen molar-refractivity contribution in [1.29, 1.82) is 0 Å². The molecule has 1 saturated heterocycles. The third-order valence-electron chi connectivity index (χ3n) is 6.01. The number of rotatable bonds is 6. The molecule has 3 unspecified atom stereocenters. The largest absolute Gasteiger partial charge is 0.416 e. The van der Waals surface area contributed by atoms with Gasteiger partial charge in [-0.1, -0.05) is 19.9 Å². The molecule has 1 amide bonds. The first-order valence-electron chi connectivity index (χ1n) is 10.1. The number of sulfonamides is 1. The first kappa shape index (κ1) is 23.0. The molecular weight excluding hydrogens is 419 g/mol. The Morgan fingerprint density at radius 2 is 1.97 bits per heavy atom. The fraction of sp³-hybridized carbons (Fsp3) is 0.650. The average molecular weight is 448 g/mol. The number of nitrogens with two attached hydrogens (primary N) is 1. The van der Waals surface area contributed by atoms with Crippen LogP contribution in [0.15, 0.2) is 29.2 Å². The average Bonchev–Trinajstić information content (AvgIpc) is 3.23. The van der Waals surface area contributed by atoms with E-state index in [2.05, 4.69) is 5.32 Å². The van der Waals surface area contributed by atoms with E-state index in [1.54, 1.807) is 0 Å². The molecule has 2 fully saturated rings. The second-order valence-corrected chi connectivity index (χ2v) is 10.6. The number of benzene rings is 1. The molecule has 10 heteroatoms. The predicted octanol–water partition coefficient (Wildman–Crippen LogP) is 2.59. The Labute approximate surface area is 175 Å². The molecule has 6 nitrogen and oxygen atoms in total. The second-order valence-electron chi connectivity index (χ2n) is 8.70. The van der Waals surface area contributed by atoms with Crippen LogP contribution >= 0.6 is 0 Å². The Hall–Kier alpha value is -1.65. The van der Waals surface area contributed by atoms with Crippen LogP contribution < -0.4 is 11.1 Å². The molecule has 3 N–H and O–H groups in total. The van der Waals surface area contributed by atoms with Crippen molar-refractivity contribution in [3.8, 4) is 0 Å². The van der Waals surface area contributed by atoms with Crippen molar-refractivity contribution in [2.75, 3.05) is 13.1 Å². The highest BCUT2D eigenvalue weighted by atomic mass is 32.2. The van der Waals surface area contributed by atoms with Gasteiger partial charge in [0.05, 0.1) is 16.5 Å². The van der Waals surface area contributed by atoms with Crippen molar-refractivity contribution in [3.05, 3.63) is 29.8 Å².